The third-order valence-electron chi connectivity index (χ3n) is 10.9. The van der Waals surface area contributed by atoms with E-state index < -0.39 is 0 Å². The van der Waals surface area contributed by atoms with Gasteiger partial charge in [-0.05, 0) is 72.0 Å². The quantitative estimate of drug-likeness (QED) is 0.180. The minimum Gasteiger partial charge on any atom is -0.456 e. The summed E-state index contributed by atoms with van der Waals surface area (Å²) in [6, 6.07) is 52.6. The van der Waals surface area contributed by atoms with Crippen LogP contribution in [0.2, 0.25) is 0 Å². The molecular formula is C48H35N5O. The summed E-state index contributed by atoms with van der Waals surface area (Å²) in [4.78, 5) is 12.3. The summed E-state index contributed by atoms with van der Waals surface area (Å²) >= 11 is 0. The molecule has 6 aromatic carbocycles. The molecule has 258 valence electrons. The second kappa shape index (κ2) is 12.6. The zero-order chi connectivity index (χ0) is 36.3. The first-order valence-corrected chi connectivity index (χ1v) is 18.4. The lowest BCUT2D eigenvalue weighted by atomic mass is 9.87. The predicted molar refractivity (Wildman–Crippen MR) is 218 cm³/mol. The molecule has 0 amide bonds. The van der Waals surface area contributed by atoms with Gasteiger partial charge in [-0.1, -0.05) is 110 Å². The van der Waals surface area contributed by atoms with E-state index in [4.69, 9.17) is 14.4 Å². The summed E-state index contributed by atoms with van der Waals surface area (Å²) in [6.07, 6.45) is 3.00. The van der Waals surface area contributed by atoms with Crippen molar-refractivity contribution in [1.29, 1.82) is 5.26 Å². The first-order valence-electron chi connectivity index (χ1n) is 18.4. The molecule has 0 N–H and O–H groups in total. The van der Waals surface area contributed by atoms with Crippen molar-refractivity contribution in [3.63, 3.8) is 0 Å². The van der Waals surface area contributed by atoms with E-state index in [1.165, 1.54) is 32.5 Å². The highest BCUT2D eigenvalue weighted by molar-refractivity contribution is 6.13. The van der Waals surface area contributed by atoms with Gasteiger partial charge in [0.25, 0.3) is 0 Å². The van der Waals surface area contributed by atoms with E-state index in [9.17, 15) is 5.26 Å². The second-order valence-corrected chi connectivity index (χ2v) is 14.2. The maximum absolute atomic E-state index is 9.60. The van der Waals surface area contributed by atoms with Crippen LogP contribution in [0.1, 0.15) is 47.3 Å². The molecule has 6 nitrogen and oxygen atoms in total. The first kappa shape index (κ1) is 31.7. The number of rotatable bonds is 5. The molecule has 0 spiro atoms. The van der Waals surface area contributed by atoms with Gasteiger partial charge < -0.3 is 13.9 Å². The molecule has 0 saturated heterocycles. The van der Waals surface area contributed by atoms with Crippen LogP contribution in [0.15, 0.2) is 160 Å². The molecular weight excluding hydrogens is 663 g/mol. The van der Waals surface area contributed by atoms with Crippen LogP contribution in [0.25, 0.3) is 50.1 Å². The molecule has 1 aliphatic carbocycles. The fourth-order valence-electron chi connectivity index (χ4n) is 8.28. The molecule has 2 aliphatic rings. The Balaban J connectivity index is 1.08. The van der Waals surface area contributed by atoms with E-state index in [-0.39, 0.29) is 6.17 Å². The highest BCUT2D eigenvalue weighted by Crippen LogP contribution is 2.37. The number of para-hydroxylation sites is 2. The van der Waals surface area contributed by atoms with E-state index in [1.54, 1.807) is 6.07 Å². The summed E-state index contributed by atoms with van der Waals surface area (Å²) in [5, 5.41) is 14.4. The predicted octanol–water partition coefficient (Wildman–Crippen LogP) is 9.26. The number of furan rings is 1. The highest BCUT2D eigenvalue weighted by Gasteiger charge is 2.27. The largest absolute Gasteiger partial charge is 0.456 e. The molecule has 0 bridgehead atoms. The van der Waals surface area contributed by atoms with Crippen LogP contribution < -0.4 is 10.6 Å². The van der Waals surface area contributed by atoms with Crippen molar-refractivity contribution in [2.75, 3.05) is 7.05 Å². The molecule has 10 rings (SSSR count). The third kappa shape index (κ3) is 5.08. The lowest BCUT2D eigenvalue weighted by Gasteiger charge is -2.32. The van der Waals surface area contributed by atoms with Gasteiger partial charge in [-0.15, -0.1) is 0 Å². The smallest absolute Gasteiger partial charge is 0.159 e. The van der Waals surface area contributed by atoms with Crippen molar-refractivity contribution in [3.05, 3.63) is 184 Å². The highest BCUT2D eigenvalue weighted by atomic mass is 16.3. The van der Waals surface area contributed by atoms with Crippen LogP contribution in [0.3, 0.4) is 0 Å². The Morgan fingerprint density at radius 1 is 0.704 bits per heavy atom. The Labute approximate surface area is 312 Å². The number of aromatic nitrogens is 1. The minimum absolute atomic E-state index is 0.317. The number of nitrogens with zero attached hydrogens (tertiary/aromatic N) is 5. The Bertz CT molecular complexity index is 3010. The molecule has 6 heteroatoms. The van der Waals surface area contributed by atoms with Crippen LogP contribution in [-0.4, -0.2) is 28.2 Å². The summed E-state index contributed by atoms with van der Waals surface area (Å²) < 4.78 is 8.90. The van der Waals surface area contributed by atoms with Crippen molar-refractivity contribution in [3.8, 4) is 11.8 Å². The maximum atomic E-state index is 9.60. The number of amidine groups is 2. The number of nitriles is 1. The SMILES string of the molecule is CC1CC=c2c(oc3ccccc23)=C1c1ccc2c(c1)c1ccccc1n2-c1ccc(C2N=C(c3cccc(C#N)c3)N=C(c3ccccc3)N2C)cc1. The number of hydrogen-bond acceptors (Lipinski definition) is 5. The van der Waals surface area contributed by atoms with Gasteiger partial charge in [-0.3, -0.25) is 0 Å². The zero-order valence-corrected chi connectivity index (χ0v) is 29.9. The van der Waals surface area contributed by atoms with Crippen molar-refractivity contribution >= 4 is 56.1 Å². The average molecular weight is 698 g/mol. The Hall–Kier alpha value is -6.97. The average Bonchev–Trinajstić information content (AvgIpc) is 3.77. The fourth-order valence-corrected chi connectivity index (χ4v) is 8.28. The standard InChI is InChI=1S/C48H35N5O/c1-30-19-25-39-38-16-7-9-18-43(38)54-45(39)44(30)34-22-26-42-40(28-34)37-15-6-8-17-41(37)53(42)36-23-20-33(21-24-36)48-51-46(35-14-10-11-31(27-35)29-49)50-47(52(48)2)32-12-4-3-5-13-32/h3-18,20-28,30,48H,19H2,1-2H3. The lowest BCUT2D eigenvalue weighted by molar-refractivity contribution is 0.383. The van der Waals surface area contributed by atoms with E-state index in [1.807, 2.05) is 49.5 Å². The molecule has 2 unspecified atom stereocenters. The van der Waals surface area contributed by atoms with Gasteiger partial charge in [-0.2, -0.15) is 5.26 Å². The third-order valence-corrected chi connectivity index (χ3v) is 10.9. The van der Waals surface area contributed by atoms with Gasteiger partial charge in [0, 0.05) is 50.8 Å². The number of benzene rings is 6. The fraction of sp³-hybridized carbons (Fsp3) is 0.104. The Morgan fingerprint density at radius 2 is 1.44 bits per heavy atom. The van der Waals surface area contributed by atoms with Gasteiger partial charge in [-0.25, -0.2) is 9.98 Å². The van der Waals surface area contributed by atoms with Gasteiger partial charge in [0.05, 0.1) is 22.7 Å². The molecule has 2 atom stereocenters. The maximum Gasteiger partial charge on any atom is 0.159 e. The monoisotopic (exact) mass is 697 g/mol. The molecule has 8 aromatic rings. The number of hydrogen-bond donors (Lipinski definition) is 0. The lowest BCUT2D eigenvalue weighted by Crippen LogP contribution is -2.35. The molecule has 0 saturated carbocycles. The molecule has 0 fully saturated rings. The number of fused-ring (bicyclic) bond motifs is 6. The van der Waals surface area contributed by atoms with Gasteiger partial charge in [0.15, 0.2) is 5.84 Å². The van der Waals surface area contributed by atoms with Crippen molar-refractivity contribution in [2.45, 2.75) is 19.5 Å². The molecule has 0 radical (unpaired) electrons. The second-order valence-electron chi connectivity index (χ2n) is 14.2. The Morgan fingerprint density at radius 3 is 2.28 bits per heavy atom. The minimum atomic E-state index is -0.317. The van der Waals surface area contributed by atoms with E-state index >= 15 is 0 Å². The summed E-state index contributed by atoms with van der Waals surface area (Å²) in [5.74, 6) is 1.77. The zero-order valence-electron chi connectivity index (χ0n) is 29.9. The van der Waals surface area contributed by atoms with E-state index in [0.29, 0.717) is 17.3 Å². The van der Waals surface area contributed by atoms with Gasteiger partial charge in [0.2, 0.25) is 0 Å². The van der Waals surface area contributed by atoms with E-state index in [0.717, 1.165) is 56.7 Å². The van der Waals surface area contributed by atoms with Gasteiger partial charge in [0.1, 0.15) is 23.0 Å². The van der Waals surface area contributed by atoms with Crippen molar-refractivity contribution in [1.82, 2.24) is 9.47 Å². The number of aliphatic imine (C=N–C) groups is 2. The molecule has 1 aliphatic heterocycles. The molecule has 2 aromatic heterocycles. The van der Waals surface area contributed by atoms with Crippen molar-refractivity contribution < 1.29 is 4.42 Å². The Kier molecular flexibility index (Phi) is 7.41. The van der Waals surface area contributed by atoms with Crippen LogP contribution in [0.5, 0.6) is 0 Å². The van der Waals surface area contributed by atoms with Crippen LogP contribution in [-0.2, 0) is 0 Å². The van der Waals surface area contributed by atoms with E-state index in [2.05, 4.69) is 126 Å². The van der Waals surface area contributed by atoms with Gasteiger partial charge >= 0.3 is 0 Å². The summed E-state index contributed by atoms with van der Waals surface area (Å²) in [7, 11) is 2.04. The summed E-state index contributed by atoms with van der Waals surface area (Å²) in [5.41, 5.74) is 11.2. The van der Waals surface area contributed by atoms with Crippen LogP contribution in [0.4, 0.5) is 0 Å². The van der Waals surface area contributed by atoms with Crippen LogP contribution >= 0.6 is 0 Å². The molecule has 3 heterocycles. The van der Waals surface area contributed by atoms with Crippen molar-refractivity contribution in [2.24, 2.45) is 15.9 Å². The normalized spacial score (nSPS) is 16.9. The first-order chi connectivity index (χ1) is 26.6. The summed E-state index contributed by atoms with van der Waals surface area (Å²) in [6.45, 7) is 2.30. The van der Waals surface area contributed by atoms with Crippen LogP contribution in [0, 0.1) is 17.2 Å². The molecule has 54 heavy (non-hydrogen) atoms. The topological polar surface area (TPSA) is 69.8 Å².